The first-order valence-electron chi connectivity index (χ1n) is 15.5. The van der Waals surface area contributed by atoms with Crippen LogP contribution in [0, 0.1) is 11.8 Å². The van der Waals surface area contributed by atoms with Crippen LogP contribution in [-0.4, -0.2) is 59.7 Å². The number of fused-ring (bicyclic) bond motifs is 1. The lowest BCUT2D eigenvalue weighted by Crippen LogP contribution is -2.46. The van der Waals surface area contributed by atoms with Crippen molar-refractivity contribution in [3.8, 4) is 5.75 Å². The minimum Gasteiger partial charge on any atom is -0.491 e. The summed E-state index contributed by atoms with van der Waals surface area (Å²) in [7, 11) is -4.03. The van der Waals surface area contributed by atoms with Crippen molar-refractivity contribution in [2.75, 3.05) is 6.61 Å². The van der Waals surface area contributed by atoms with Gasteiger partial charge in [0.25, 0.3) is 0 Å². The average molecular weight is 617 g/mol. The van der Waals surface area contributed by atoms with Crippen LogP contribution in [0.15, 0.2) is 24.3 Å². The van der Waals surface area contributed by atoms with Crippen LogP contribution in [0.4, 0.5) is 13.2 Å². The first-order valence-corrected chi connectivity index (χ1v) is 20.5. The Hall–Kier alpha value is -1.41. The minimum absolute atomic E-state index is 0.00794. The molecule has 6 nitrogen and oxygen atoms in total. The average Bonchev–Trinajstić information content (AvgIpc) is 3.56. The van der Waals surface area contributed by atoms with Crippen LogP contribution in [0.2, 0.25) is 36.3 Å². The molecule has 7 atom stereocenters. The lowest BCUT2D eigenvalue weighted by molar-refractivity contribution is -0.142. The SMILES string of the molecule is CC[Si](CC)(CC)OC(COc1cccc(C(F)(F)F)c1)C1O[C@@H]1[C@@H]1[C@H]2CC(=O)O[C@H]2C[C@H]1O[Si](CC)(CC)CC. The van der Waals surface area contributed by atoms with E-state index in [1.165, 1.54) is 6.07 Å². The number of carbonyl (C=O) groups is 1. The number of benzene rings is 1. The molecule has 3 fully saturated rings. The molecule has 0 aromatic heterocycles. The summed E-state index contributed by atoms with van der Waals surface area (Å²) in [5.41, 5.74) is -0.745. The molecule has 0 amide bonds. The van der Waals surface area contributed by atoms with Crippen molar-refractivity contribution >= 4 is 22.6 Å². The molecule has 1 aromatic carbocycles. The number of ether oxygens (including phenoxy) is 3. The fourth-order valence-electron chi connectivity index (χ4n) is 7.00. The molecule has 11 heteroatoms. The second-order valence-electron chi connectivity index (χ2n) is 11.9. The van der Waals surface area contributed by atoms with Gasteiger partial charge in [0.1, 0.15) is 30.7 Å². The Morgan fingerprint density at radius 2 is 1.61 bits per heavy atom. The highest BCUT2D eigenvalue weighted by atomic mass is 28.4. The van der Waals surface area contributed by atoms with Crippen molar-refractivity contribution in [3.63, 3.8) is 0 Å². The van der Waals surface area contributed by atoms with Crippen molar-refractivity contribution in [2.24, 2.45) is 11.8 Å². The number of esters is 1. The number of alkyl halides is 3. The fraction of sp³-hybridized carbons (Fsp3) is 0.767. The summed E-state index contributed by atoms with van der Waals surface area (Å²) in [6.45, 7) is 13.2. The molecule has 1 aliphatic carbocycles. The van der Waals surface area contributed by atoms with Crippen LogP contribution in [0.25, 0.3) is 0 Å². The summed E-state index contributed by atoms with van der Waals surface area (Å²) in [6.07, 6.45) is -4.47. The second kappa shape index (κ2) is 13.1. The Labute approximate surface area is 244 Å². The summed E-state index contributed by atoms with van der Waals surface area (Å²) in [4.78, 5) is 12.3. The monoisotopic (exact) mass is 616 g/mol. The molecule has 1 saturated carbocycles. The largest absolute Gasteiger partial charge is 0.491 e. The third-order valence-electron chi connectivity index (χ3n) is 10.1. The normalized spacial score (nSPS) is 28.9. The summed E-state index contributed by atoms with van der Waals surface area (Å²) >= 11 is 0. The summed E-state index contributed by atoms with van der Waals surface area (Å²) < 4.78 is 71.9. The van der Waals surface area contributed by atoms with Crippen LogP contribution in [0.5, 0.6) is 5.75 Å². The topological polar surface area (TPSA) is 66.5 Å². The van der Waals surface area contributed by atoms with E-state index in [-0.39, 0.29) is 54.6 Å². The predicted octanol–water partition coefficient (Wildman–Crippen LogP) is 7.58. The fourth-order valence-corrected chi connectivity index (χ4v) is 12.7. The molecule has 2 heterocycles. The van der Waals surface area contributed by atoms with E-state index in [9.17, 15) is 18.0 Å². The Bertz CT molecular complexity index is 1020. The zero-order chi connectivity index (χ0) is 30.0. The highest BCUT2D eigenvalue weighted by molar-refractivity contribution is 6.74. The van der Waals surface area contributed by atoms with Gasteiger partial charge in [0.2, 0.25) is 0 Å². The van der Waals surface area contributed by atoms with Crippen LogP contribution < -0.4 is 4.74 Å². The van der Waals surface area contributed by atoms with E-state index in [2.05, 4.69) is 41.5 Å². The standard InChI is InChI=1S/C30H47F3O6Si2/c1-7-40(8-2,9-3)38-24-18-23-22(17-26(34)36-23)27(24)29-28(37-29)25(39-41(10-4,11-5)12-6)19-35-21-15-13-14-20(16-21)30(31,32)33/h13-16,22-25,27-29H,7-12,17-19H2,1-6H3/t22-,23-,24+,25?,27+,28?,29+/m0/s1. The number of hydrogen-bond acceptors (Lipinski definition) is 6. The molecule has 1 aromatic rings. The molecule has 41 heavy (non-hydrogen) atoms. The molecule has 232 valence electrons. The molecule has 2 unspecified atom stereocenters. The lowest BCUT2D eigenvalue weighted by Gasteiger charge is -2.35. The molecule has 0 radical (unpaired) electrons. The van der Waals surface area contributed by atoms with Crippen molar-refractivity contribution in [1.82, 2.24) is 0 Å². The van der Waals surface area contributed by atoms with Gasteiger partial charge >= 0.3 is 12.1 Å². The van der Waals surface area contributed by atoms with E-state index in [4.69, 9.17) is 23.1 Å². The van der Waals surface area contributed by atoms with E-state index >= 15 is 0 Å². The number of carbonyl (C=O) groups excluding carboxylic acids is 1. The quantitative estimate of drug-likeness (QED) is 0.115. The van der Waals surface area contributed by atoms with Gasteiger partial charge in [0.15, 0.2) is 16.6 Å². The molecule has 2 saturated heterocycles. The summed E-state index contributed by atoms with van der Waals surface area (Å²) in [5, 5.41) is 0. The zero-order valence-electron chi connectivity index (χ0n) is 25.3. The van der Waals surface area contributed by atoms with Crippen molar-refractivity contribution in [3.05, 3.63) is 29.8 Å². The Morgan fingerprint density at radius 3 is 2.20 bits per heavy atom. The third kappa shape index (κ3) is 7.05. The van der Waals surface area contributed by atoms with Gasteiger partial charge in [-0.05, 0) is 54.5 Å². The highest BCUT2D eigenvalue weighted by Crippen LogP contribution is 2.52. The van der Waals surface area contributed by atoms with Gasteiger partial charge in [-0.3, -0.25) is 4.79 Å². The maximum atomic E-state index is 13.3. The van der Waals surface area contributed by atoms with Crippen molar-refractivity contribution in [1.29, 1.82) is 0 Å². The van der Waals surface area contributed by atoms with Gasteiger partial charge < -0.3 is 23.1 Å². The van der Waals surface area contributed by atoms with E-state index in [0.29, 0.717) is 12.8 Å². The van der Waals surface area contributed by atoms with Gasteiger partial charge in [0.05, 0.1) is 24.2 Å². The summed E-state index contributed by atoms with van der Waals surface area (Å²) in [6, 6.07) is 10.8. The number of rotatable bonds is 15. The van der Waals surface area contributed by atoms with Gasteiger partial charge in [-0.1, -0.05) is 47.6 Å². The Morgan fingerprint density at radius 1 is 0.976 bits per heavy atom. The van der Waals surface area contributed by atoms with E-state index < -0.39 is 34.5 Å². The maximum absolute atomic E-state index is 13.3. The van der Waals surface area contributed by atoms with Crippen LogP contribution in [-0.2, 0) is 29.3 Å². The van der Waals surface area contributed by atoms with Crippen LogP contribution in [0.1, 0.15) is 59.9 Å². The Balaban J connectivity index is 1.57. The molecule has 2 aliphatic heterocycles. The number of halogens is 3. The van der Waals surface area contributed by atoms with E-state index in [1.807, 2.05) is 0 Å². The molecule has 0 spiro atoms. The smallest absolute Gasteiger partial charge is 0.416 e. The summed E-state index contributed by atoms with van der Waals surface area (Å²) in [5.74, 6) is 0.0357. The molecule has 0 N–H and O–H groups in total. The number of hydrogen-bond donors (Lipinski definition) is 0. The second-order valence-corrected chi connectivity index (χ2v) is 21.4. The van der Waals surface area contributed by atoms with E-state index in [1.54, 1.807) is 6.07 Å². The van der Waals surface area contributed by atoms with Gasteiger partial charge in [0, 0.05) is 18.3 Å². The van der Waals surface area contributed by atoms with E-state index in [0.717, 1.165) is 48.4 Å². The van der Waals surface area contributed by atoms with Crippen molar-refractivity contribution in [2.45, 2.75) is 127 Å². The first kappa shape index (κ1) is 32.5. The van der Waals surface area contributed by atoms with Crippen LogP contribution >= 0.6 is 0 Å². The number of epoxide rings is 1. The van der Waals surface area contributed by atoms with Crippen LogP contribution in [0.3, 0.4) is 0 Å². The first-order chi connectivity index (χ1) is 19.5. The zero-order valence-corrected chi connectivity index (χ0v) is 27.3. The van der Waals surface area contributed by atoms with Crippen molar-refractivity contribution < 1.29 is 41.0 Å². The van der Waals surface area contributed by atoms with Gasteiger partial charge in [-0.2, -0.15) is 13.2 Å². The molecular formula is C30H47F3O6Si2. The minimum atomic E-state index is -4.45. The molecule has 0 bridgehead atoms. The van der Waals surface area contributed by atoms with Gasteiger partial charge in [-0.25, -0.2) is 0 Å². The maximum Gasteiger partial charge on any atom is 0.416 e. The Kier molecular flexibility index (Phi) is 10.4. The molecule has 3 aliphatic rings. The lowest BCUT2D eigenvalue weighted by atomic mass is 9.87. The molecular weight excluding hydrogens is 569 g/mol. The third-order valence-corrected chi connectivity index (χ3v) is 19.4. The molecule has 4 rings (SSSR count). The van der Waals surface area contributed by atoms with Gasteiger partial charge in [-0.15, -0.1) is 0 Å². The predicted molar refractivity (Wildman–Crippen MR) is 156 cm³/mol. The highest BCUT2D eigenvalue weighted by Gasteiger charge is 2.62.